The van der Waals surface area contributed by atoms with Crippen LogP contribution in [0.1, 0.15) is 12.8 Å². The van der Waals surface area contributed by atoms with Crippen molar-refractivity contribution in [3.63, 3.8) is 0 Å². The summed E-state index contributed by atoms with van der Waals surface area (Å²) in [6, 6.07) is 22.0. The van der Waals surface area contributed by atoms with Gasteiger partial charge in [-0.15, -0.1) is 0 Å². The maximum absolute atomic E-state index is 6.14. The van der Waals surface area contributed by atoms with E-state index in [1.165, 1.54) is 0 Å². The van der Waals surface area contributed by atoms with E-state index in [-0.39, 0.29) is 27.1 Å². The fraction of sp³-hybridized carbons (Fsp3) is 0.214. The molecule has 0 amide bonds. The molecule has 8 heterocycles. The topological polar surface area (TPSA) is 165 Å². The van der Waals surface area contributed by atoms with Crippen LogP contribution >= 0.6 is 81.2 Å². The highest BCUT2D eigenvalue weighted by molar-refractivity contribution is 6.35. The average Bonchev–Trinajstić information content (AvgIpc) is 4.15. The molecule has 0 radical (unpaired) electrons. The second-order valence-electron chi connectivity index (χ2n) is 14.4. The minimum atomic E-state index is 0.0863. The van der Waals surface area contributed by atoms with Crippen LogP contribution in [-0.2, 0) is 9.47 Å². The molecule has 0 bridgehead atoms. The molecule has 0 saturated carbocycles. The number of aromatic nitrogens is 12. The van der Waals surface area contributed by atoms with Crippen LogP contribution in [-0.4, -0.2) is 105 Å². The fourth-order valence-corrected chi connectivity index (χ4v) is 8.20. The summed E-state index contributed by atoms with van der Waals surface area (Å²) in [7, 11) is 0. The molecule has 2 saturated heterocycles. The second-order valence-corrected chi connectivity index (χ2v) is 17.0. The van der Waals surface area contributed by atoms with Crippen LogP contribution in [0.15, 0.2) is 91.4 Å². The summed E-state index contributed by atoms with van der Waals surface area (Å²) in [6.07, 6.45) is 7.46. The van der Waals surface area contributed by atoms with Gasteiger partial charge in [0.05, 0.1) is 71.1 Å². The molecule has 6 aromatic heterocycles. The Hall–Kier alpha value is -5.14. The van der Waals surface area contributed by atoms with Gasteiger partial charge in [-0.3, -0.25) is 0 Å². The van der Waals surface area contributed by atoms with Crippen LogP contribution in [0.4, 0.5) is 11.6 Å². The number of morpholine rings is 1. The molecule has 1 atom stereocenters. The molecule has 2 aliphatic heterocycles. The van der Waals surface area contributed by atoms with Gasteiger partial charge in [-0.1, -0.05) is 46.4 Å². The van der Waals surface area contributed by atoms with E-state index in [2.05, 4.69) is 55.4 Å². The van der Waals surface area contributed by atoms with Gasteiger partial charge in [0, 0.05) is 41.3 Å². The molecule has 11 rings (SSSR count). The monoisotopic (exact) mass is 1010 g/mol. The normalized spacial score (nSPS) is 14.9. The van der Waals surface area contributed by atoms with Crippen LogP contribution in [0.5, 0.6) is 0 Å². The Morgan fingerprint density at radius 3 is 1.51 bits per heavy atom. The first-order valence-electron chi connectivity index (χ1n) is 19.9. The lowest BCUT2D eigenvalue weighted by Crippen LogP contribution is -2.36. The smallest absolute Gasteiger partial charge is 0.226 e. The van der Waals surface area contributed by atoms with Crippen LogP contribution in [0.25, 0.3) is 50.2 Å². The Kier molecular flexibility index (Phi) is 14.0. The van der Waals surface area contributed by atoms with Gasteiger partial charge in [-0.2, -0.15) is 40.2 Å². The van der Waals surface area contributed by atoms with Crippen LogP contribution in [0, 0.1) is 0 Å². The Labute approximate surface area is 405 Å². The van der Waals surface area contributed by atoms with Crippen molar-refractivity contribution in [3.8, 4) is 17.1 Å². The van der Waals surface area contributed by atoms with Crippen molar-refractivity contribution in [2.45, 2.75) is 18.9 Å². The summed E-state index contributed by atoms with van der Waals surface area (Å²) in [5.41, 5.74) is 4.42. The number of hydrogen-bond donors (Lipinski definition) is 1. The number of hydrogen-bond acceptors (Lipinski definition) is 13. The zero-order chi connectivity index (χ0) is 45.0. The zero-order valence-electron chi connectivity index (χ0n) is 33.7. The highest BCUT2D eigenvalue weighted by Gasteiger charge is 2.21. The molecular formula is C42H33Cl7N14O2. The van der Waals surface area contributed by atoms with Gasteiger partial charge >= 0.3 is 0 Å². The average molecular weight is 1010 g/mol. The summed E-state index contributed by atoms with van der Waals surface area (Å²) in [4.78, 5) is 27.5. The lowest BCUT2D eigenvalue weighted by atomic mass is 10.2. The number of rotatable bonds is 7. The molecule has 2 fully saturated rings. The van der Waals surface area contributed by atoms with Crippen molar-refractivity contribution in [1.29, 1.82) is 0 Å². The quantitative estimate of drug-likeness (QED) is 0.119. The first-order chi connectivity index (χ1) is 31.6. The third-order valence-corrected chi connectivity index (χ3v) is 11.7. The molecule has 2 aliphatic rings. The molecule has 1 unspecified atom stereocenters. The number of ether oxygens (including phenoxy) is 2. The highest BCUT2D eigenvalue weighted by Crippen LogP contribution is 2.29. The third kappa shape index (κ3) is 10.3. The standard InChI is InChI=1S/C16H15Cl2N5O.C15H13Cl2N5O.C11H5Cl3N4/c17-10-3-5-11(6-4-10)23-15-13(9-20-23)14(21-16(18)22-15)19-8-12-2-1-7-24-12;16-10-1-3-11(4-2-10)22-14-12(9-18-22)13(19-15(17)20-14)21-5-7-23-8-6-21;12-6-1-3-7(4-2-6)18-10-8(5-15-18)9(13)16-11(14)17-10/h3-6,9,12H,1-2,7-8H2,(H,19,21,22);1-4,9H,5-8H2;1-5H. The molecule has 65 heavy (non-hydrogen) atoms. The largest absolute Gasteiger partial charge is 0.378 e. The van der Waals surface area contributed by atoms with Crippen LogP contribution in [0.3, 0.4) is 0 Å². The molecule has 0 aliphatic carbocycles. The Morgan fingerprint density at radius 2 is 0.985 bits per heavy atom. The first-order valence-corrected chi connectivity index (χ1v) is 22.6. The van der Waals surface area contributed by atoms with Gasteiger partial charge < -0.3 is 19.7 Å². The van der Waals surface area contributed by atoms with Gasteiger partial charge in [-0.05, 0) is 120 Å². The molecule has 16 nitrogen and oxygen atoms in total. The van der Waals surface area contributed by atoms with Crippen molar-refractivity contribution >= 4 is 126 Å². The van der Waals surface area contributed by atoms with E-state index < -0.39 is 0 Å². The van der Waals surface area contributed by atoms with Gasteiger partial charge in [0.15, 0.2) is 16.9 Å². The molecule has 3 aromatic carbocycles. The Balaban J connectivity index is 0.000000124. The number of benzene rings is 3. The van der Waals surface area contributed by atoms with Crippen molar-refractivity contribution in [3.05, 3.63) is 127 Å². The molecule has 332 valence electrons. The number of anilines is 2. The predicted molar refractivity (Wildman–Crippen MR) is 256 cm³/mol. The maximum Gasteiger partial charge on any atom is 0.226 e. The van der Waals surface area contributed by atoms with Crippen molar-refractivity contribution in [2.75, 3.05) is 49.7 Å². The molecule has 0 spiro atoms. The molecule has 9 aromatic rings. The van der Waals surface area contributed by atoms with Gasteiger partial charge in [0.1, 0.15) is 16.8 Å². The highest BCUT2D eigenvalue weighted by atomic mass is 35.5. The fourth-order valence-electron chi connectivity index (χ4n) is 7.08. The van der Waals surface area contributed by atoms with E-state index >= 15 is 0 Å². The number of nitrogens with zero attached hydrogens (tertiary/aromatic N) is 13. The number of fused-ring (bicyclic) bond motifs is 3. The molecule has 1 N–H and O–H groups in total. The third-order valence-electron chi connectivity index (χ3n) is 10.2. The zero-order valence-corrected chi connectivity index (χ0v) is 39.0. The predicted octanol–water partition coefficient (Wildman–Crippen LogP) is 10.4. The molecule has 23 heteroatoms. The van der Waals surface area contributed by atoms with Gasteiger partial charge in [0.2, 0.25) is 15.9 Å². The summed E-state index contributed by atoms with van der Waals surface area (Å²) in [5.74, 6) is 1.46. The number of halogens is 7. The Morgan fingerprint density at radius 1 is 0.523 bits per heavy atom. The van der Waals surface area contributed by atoms with E-state index in [0.29, 0.717) is 63.0 Å². The summed E-state index contributed by atoms with van der Waals surface area (Å²) in [5, 5.41) is 21.5. The van der Waals surface area contributed by atoms with E-state index in [1.807, 2.05) is 60.7 Å². The first kappa shape index (κ1) is 45.0. The Bertz CT molecular complexity index is 3080. The van der Waals surface area contributed by atoms with Gasteiger partial charge in [0.25, 0.3) is 0 Å². The summed E-state index contributed by atoms with van der Waals surface area (Å²) in [6.45, 7) is 4.40. The summed E-state index contributed by atoms with van der Waals surface area (Å²) < 4.78 is 16.1. The number of nitrogens with one attached hydrogen (secondary N) is 1. The lowest BCUT2D eigenvalue weighted by molar-refractivity contribution is 0.120. The second kappa shape index (κ2) is 20.2. The van der Waals surface area contributed by atoms with E-state index in [1.54, 1.807) is 44.8 Å². The van der Waals surface area contributed by atoms with Crippen molar-refractivity contribution in [2.24, 2.45) is 0 Å². The van der Waals surface area contributed by atoms with Crippen molar-refractivity contribution < 1.29 is 9.47 Å². The van der Waals surface area contributed by atoms with Crippen LogP contribution in [0.2, 0.25) is 36.1 Å². The minimum absolute atomic E-state index is 0.0863. The van der Waals surface area contributed by atoms with E-state index in [4.69, 9.17) is 90.7 Å². The summed E-state index contributed by atoms with van der Waals surface area (Å²) >= 11 is 41.8. The van der Waals surface area contributed by atoms with E-state index in [9.17, 15) is 0 Å². The lowest BCUT2D eigenvalue weighted by Gasteiger charge is -2.28. The van der Waals surface area contributed by atoms with Crippen LogP contribution < -0.4 is 10.2 Å². The van der Waals surface area contributed by atoms with E-state index in [0.717, 1.165) is 66.2 Å². The molecular weight excluding hydrogens is 981 g/mol. The van der Waals surface area contributed by atoms with Gasteiger partial charge in [-0.25, -0.2) is 19.0 Å². The minimum Gasteiger partial charge on any atom is -0.378 e. The SMILES string of the molecule is Clc1ccc(-n2ncc3c(Cl)nc(Cl)nc32)cc1.Clc1ccc(-n2ncc3c(N4CCOCC4)nc(Cl)nc32)cc1.Clc1ccc(-n2ncc3c(NCC4CCCO4)nc(Cl)nc32)cc1. The maximum atomic E-state index is 6.14. The van der Waals surface area contributed by atoms with Crippen molar-refractivity contribution in [1.82, 2.24) is 59.2 Å².